The maximum Gasteiger partial charge on any atom is 0.0948 e. The zero-order valence-electron chi connectivity index (χ0n) is 14.8. The van der Waals surface area contributed by atoms with Crippen LogP contribution in [0.3, 0.4) is 0 Å². The van der Waals surface area contributed by atoms with E-state index in [4.69, 9.17) is 22.2 Å². The van der Waals surface area contributed by atoms with Crippen LogP contribution in [0, 0.1) is 0 Å². The molecule has 3 rings (SSSR count). The molecule has 6 nitrogen and oxygen atoms in total. The molecule has 25 heavy (non-hydrogen) atoms. The molecular formula is C17H25ClN4O2Si-. The van der Waals surface area contributed by atoms with Crippen LogP contribution in [0.2, 0.25) is 11.6 Å². The Morgan fingerprint density at radius 1 is 1.52 bits per heavy atom. The topological polar surface area (TPSA) is 92.2 Å². The number of fused-ring (bicyclic) bond motifs is 2. The molecule has 0 bridgehead atoms. The zero-order valence-corrected chi connectivity index (χ0v) is 16.5. The first-order chi connectivity index (χ1) is 11.8. The third kappa shape index (κ3) is 3.39. The van der Waals surface area contributed by atoms with Crippen molar-refractivity contribution in [3.63, 3.8) is 0 Å². The van der Waals surface area contributed by atoms with Crippen LogP contribution in [0.4, 0.5) is 0 Å². The van der Waals surface area contributed by atoms with Gasteiger partial charge in [0, 0.05) is 39.1 Å². The van der Waals surface area contributed by atoms with Gasteiger partial charge in [0.2, 0.25) is 0 Å². The van der Waals surface area contributed by atoms with Crippen LogP contribution in [0.1, 0.15) is 25.3 Å². The lowest BCUT2D eigenvalue weighted by Crippen LogP contribution is -2.64. The van der Waals surface area contributed by atoms with Crippen molar-refractivity contribution < 1.29 is 9.53 Å². The van der Waals surface area contributed by atoms with E-state index in [1.807, 2.05) is 24.7 Å². The molecule has 1 spiro atoms. The molecule has 2 aliphatic heterocycles. The molecule has 137 valence electrons. The van der Waals surface area contributed by atoms with Gasteiger partial charge in [-0.25, -0.2) is 0 Å². The van der Waals surface area contributed by atoms with Gasteiger partial charge in [0.15, 0.2) is 0 Å². The van der Waals surface area contributed by atoms with Gasteiger partial charge in [-0.15, -0.1) is 11.7 Å². The summed E-state index contributed by atoms with van der Waals surface area (Å²) in [7, 11) is -0.957. The molecule has 2 unspecified atom stereocenters. The minimum absolute atomic E-state index is 0.0642. The molecule has 2 heterocycles. The summed E-state index contributed by atoms with van der Waals surface area (Å²) in [5.74, 6) is 5.58. The highest BCUT2D eigenvalue weighted by molar-refractivity contribution is 6.85. The summed E-state index contributed by atoms with van der Waals surface area (Å²) in [6, 6.07) is 5.91. The first-order valence-electron chi connectivity index (χ1n) is 8.44. The predicted molar refractivity (Wildman–Crippen MR) is 104 cm³/mol. The van der Waals surface area contributed by atoms with Crippen molar-refractivity contribution >= 4 is 37.0 Å². The summed E-state index contributed by atoms with van der Waals surface area (Å²) in [5, 5.41) is 9.04. The second-order valence-electron chi connectivity index (χ2n) is 7.22. The van der Waals surface area contributed by atoms with Gasteiger partial charge >= 0.3 is 0 Å². The van der Waals surface area contributed by atoms with Crippen LogP contribution in [0.25, 0.3) is 0 Å². The van der Waals surface area contributed by atoms with E-state index in [1.54, 1.807) is 13.3 Å². The van der Waals surface area contributed by atoms with Crippen LogP contribution >= 0.6 is 11.6 Å². The zero-order chi connectivity index (χ0) is 18.2. The van der Waals surface area contributed by atoms with Gasteiger partial charge in [-0.1, -0.05) is 23.7 Å². The number of nitrogens with zero attached hydrogens (tertiary/aromatic N) is 2. The van der Waals surface area contributed by atoms with Crippen molar-refractivity contribution in [1.82, 2.24) is 5.32 Å². The average Bonchev–Trinajstić information content (AvgIpc) is 2.56. The summed E-state index contributed by atoms with van der Waals surface area (Å²) in [5.41, 5.74) is 1.26. The van der Waals surface area contributed by atoms with Crippen molar-refractivity contribution in [3.05, 3.63) is 28.8 Å². The lowest BCUT2D eigenvalue weighted by atomic mass is 9.77. The maximum absolute atomic E-state index is 10.9. The van der Waals surface area contributed by atoms with Gasteiger partial charge in [0.05, 0.1) is 17.4 Å². The van der Waals surface area contributed by atoms with Crippen molar-refractivity contribution in [2.24, 2.45) is 15.9 Å². The van der Waals surface area contributed by atoms with E-state index in [2.05, 4.69) is 22.3 Å². The predicted octanol–water partition coefficient (Wildman–Crippen LogP) is 1.04. The fourth-order valence-electron chi connectivity index (χ4n) is 4.04. The van der Waals surface area contributed by atoms with Crippen LogP contribution in [0.15, 0.2) is 28.3 Å². The van der Waals surface area contributed by atoms with Gasteiger partial charge in [0.25, 0.3) is 0 Å². The van der Waals surface area contributed by atoms with Gasteiger partial charge in [-0.3, -0.25) is 4.99 Å². The summed E-state index contributed by atoms with van der Waals surface area (Å²) in [4.78, 5) is 15.0. The van der Waals surface area contributed by atoms with E-state index in [0.29, 0.717) is 23.4 Å². The number of piperidine rings is 1. The number of rotatable bonds is 2. The minimum atomic E-state index is -2.66. The summed E-state index contributed by atoms with van der Waals surface area (Å²) >= 11 is 6.21. The van der Waals surface area contributed by atoms with E-state index in [1.165, 1.54) is 0 Å². The largest absolute Gasteiger partial charge is 0.575 e. The van der Waals surface area contributed by atoms with Crippen LogP contribution < -0.4 is 16.3 Å². The quantitative estimate of drug-likeness (QED) is 0.309. The van der Waals surface area contributed by atoms with E-state index in [-0.39, 0.29) is 12.1 Å². The summed E-state index contributed by atoms with van der Waals surface area (Å²) in [6.45, 7) is 4.02. The van der Waals surface area contributed by atoms with Crippen molar-refractivity contribution in [1.29, 1.82) is 0 Å². The van der Waals surface area contributed by atoms with Crippen LogP contribution in [-0.2, 0) is 10.3 Å². The molecule has 4 N–H and O–H groups in total. The normalized spacial score (nSPS) is 36.0. The highest BCUT2D eigenvalue weighted by atomic mass is 35.5. The molecule has 2 aliphatic rings. The number of hydrogen-bond donors (Lipinski definition) is 3. The summed E-state index contributed by atoms with van der Waals surface area (Å²) in [6.07, 6.45) is 3.53. The molecule has 0 aromatic heterocycles. The molecule has 1 saturated heterocycles. The maximum atomic E-state index is 10.9. The molecule has 0 aliphatic carbocycles. The van der Waals surface area contributed by atoms with Crippen LogP contribution in [-0.4, -0.2) is 50.4 Å². The smallest absolute Gasteiger partial charge is 0.0948 e. The molecule has 1 aromatic carbocycles. The van der Waals surface area contributed by atoms with Crippen LogP contribution in [0.5, 0.6) is 0 Å². The SMILES string of the molecule is CN=C/C(=N\N)[C@@H]1CC2(C[C@H](C)N1)OC[Si-](C)(O)c1cc(Cl)ccc12. The minimum Gasteiger partial charge on any atom is -0.575 e. The van der Waals surface area contributed by atoms with E-state index < -0.39 is 13.9 Å². The number of hydrogen-bond acceptors (Lipinski definition) is 6. The second kappa shape index (κ2) is 6.81. The number of benzene rings is 1. The van der Waals surface area contributed by atoms with E-state index in [9.17, 15) is 4.80 Å². The first kappa shape index (κ1) is 18.5. The van der Waals surface area contributed by atoms with E-state index in [0.717, 1.165) is 17.2 Å². The Balaban J connectivity index is 2.06. The lowest BCUT2D eigenvalue weighted by molar-refractivity contribution is -0.0723. The Labute approximate surface area is 154 Å². The molecule has 1 fully saturated rings. The standard InChI is InChI=1S/C17H25ClN4O2Si/c1-11-7-17(8-14(21-11)15(22-19)9-20-2)13-5-4-12(18)6-16(13)25(3,23)10-24-17/h4-6,9,11,14,21,23H,7-8,10,19H2,1-3H3/q-1/b20-9?,22-15+/t11-,14-,17?/m0/s1. The first-order valence-corrected chi connectivity index (χ1v) is 11.5. The molecule has 0 amide bonds. The number of aliphatic imine (C=N–C) groups is 1. The third-order valence-corrected chi connectivity index (χ3v) is 7.62. The Bertz CT molecular complexity index is 725. The van der Waals surface area contributed by atoms with Crippen molar-refractivity contribution in [2.45, 2.75) is 44.0 Å². The van der Waals surface area contributed by atoms with E-state index >= 15 is 0 Å². The molecular weight excluding hydrogens is 356 g/mol. The van der Waals surface area contributed by atoms with Gasteiger partial charge in [-0.2, -0.15) is 5.10 Å². The number of nitrogens with two attached hydrogens (primary N) is 1. The lowest BCUT2D eigenvalue weighted by Gasteiger charge is -2.54. The molecule has 1 aromatic rings. The van der Waals surface area contributed by atoms with Gasteiger partial charge < -0.3 is 20.7 Å². The fraction of sp³-hybridized carbons (Fsp3) is 0.529. The fourth-order valence-corrected chi connectivity index (χ4v) is 6.37. The highest BCUT2D eigenvalue weighted by Crippen LogP contribution is 2.42. The monoisotopic (exact) mass is 380 g/mol. The van der Waals surface area contributed by atoms with Crippen molar-refractivity contribution in [2.75, 3.05) is 13.3 Å². The highest BCUT2D eigenvalue weighted by Gasteiger charge is 2.46. The molecule has 8 heteroatoms. The Morgan fingerprint density at radius 2 is 2.28 bits per heavy atom. The van der Waals surface area contributed by atoms with Crippen molar-refractivity contribution in [3.8, 4) is 0 Å². The molecule has 0 radical (unpaired) electrons. The van der Waals surface area contributed by atoms with Gasteiger partial charge in [-0.05, 0) is 31.2 Å². The number of halogens is 1. The Hall–Kier alpha value is -1.25. The average molecular weight is 381 g/mol. The third-order valence-electron chi connectivity index (χ3n) is 5.11. The second-order valence-corrected chi connectivity index (χ2v) is 11.0. The molecule has 4 atom stereocenters. The summed E-state index contributed by atoms with van der Waals surface area (Å²) < 4.78 is 6.35. The number of hydrazone groups is 1. The number of nitrogens with one attached hydrogen (secondary N) is 1. The Morgan fingerprint density at radius 3 is 2.96 bits per heavy atom. The van der Waals surface area contributed by atoms with Gasteiger partial charge in [0.1, 0.15) is 0 Å². The number of ether oxygens (including phenoxy) is 1. The molecule has 0 saturated carbocycles. The Kier molecular flexibility index (Phi) is 5.05.